The molecule has 0 saturated carbocycles. The molecule has 5 rings (SSSR count). The zero-order valence-electron chi connectivity index (χ0n) is 18.3. The van der Waals surface area contributed by atoms with E-state index in [9.17, 15) is 19.2 Å². The van der Waals surface area contributed by atoms with Crippen molar-refractivity contribution in [2.24, 2.45) is 0 Å². The maximum absolute atomic E-state index is 13.5. The molecule has 2 fully saturated rings. The first kappa shape index (κ1) is 22.4. The lowest BCUT2D eigenvalue weighted by Crippen LogP contribution is -2.54. The molecule has 4 amide bonds. The number of fused-ring (bicyclic) bond motifs is 1. The molecule has 0 bridgehead atoms. The highest BCUT2D eigenvalue weighted by Crippen LogP contribution is 2.32. The standard InChI is InChI=1S/C23H23ClN6O4/c24-17-8-10-26-23(27-17)29(14-4-2-9-25-11-14)12-13-3-1-5-15-19(13)22(34)30(21(15)33)16-6-7-18(31)28-20(16)32/h1,3,5,8,10,14,16,25H,2,4,6-7,9,11-12H2,(H,28,31,32). The van der Waals surface area contributed by atoms with Crippen LogP contribution in [0.1, 0.15) is 52.0 Å². The molecule has 2 saturated heterocycles. The number of piperidine rings is 2. The SMILES string of the molecule is O=C1CCC(N2C(=O)c3cccc(CN(c4nccc(Cl)n4)C4CCCNC4)c3C2=O)C(=O)N1. The lowest BCUT2D eigenvalue weighted by Gasteiger charge is -2.35. The minimum atomic E-state index is -1.01. The molecule has 2 atom stereocenters. The second-order valence-corrected chi connectivity index (χ2v) is 8.98. The number of hydrogen-bond donors (Lipinski definition) is 2. The van der Waals surface area contributed by atoms with Crippen molar-refractivity contribution < 1.29 is 19.2 Å². The van der Waals surface area contributed by atoms with Crippen LogP contribution in [0.3, 0.4) is 0 Å². The fourth-order valence-electron chi connectivity index (χ4n) is 4.83. The van der Waals surface area contributed by atoms with E-state index in [0.717, 1.165) is 30.8 Å². The number of amides is 4. The Morgan fingerprint density at radius 3 is 2.71 bits per heavy atom. The molecule has 34 heavy (non-hydrogen) atoms. The van der Waals surface area contributed by atoms with Crippen LogP contribution in [0.2, 0.25) is 5.15 Å². The number of imide groups is 2. The number of nitrogens with one attached hydrogen (secondary N) is 2. The molecule has 3 aliphatic heterocycles. The topological polar surface area (TPSA) is 125 Å². The number of carbonyl (C=O) groups excluding carboxylic acids is 4. The van der Waals surface area contributed by atoms with Crippen LogP contribution in [-0.2, 0) is 16.1 Å². The van der Waals surface area contributed by atoms with Gasteiger partial charge in [-0.05, 0) is 43.5 Å². The van der Waals surface area contributed by atoms with E-state index < -0.39 is 29.7 Å². The number of carbonyl (C=O) groups is 4. The van der Waals surface area contributed by atoms with E-state index in [1.165, 1.54) is 0 Å². The zero-order chi connectivity index (χ0) is 23.8. The van der Waals surface area contributed by atoms with Crippen molar-refractivity contribution in [1.29, 1.82) is 0 Å². The van der Waals surface area contributed by atoms with Crippen LogP contribution in [0, 0.1) is 0 Å². The number of hydrogen-bond acceptors (Lipinski definition) is 8. The summed E-state index contributed by atoms with van der Waals surface area (Å²) in [6, 6.07) is 5.78. The number of nitrogens with zero attached hydrogens (tertiary/aromatic N) is 4. The molecule has 0 aliphatic carbocycles. The van der Waals surface area contributed by atoms with E-state index in [1.54, 1.807) is 30.5 Å². The van der Waals surface area contributed by atoms with E-state index in [2.05, 4.69) is 20.6 Å². The normalized spacial score (nSPS) is 22.6. The quantitative estimate of drug-likeness (QED) is 0.482. The average Bonchev–Trinajstić information content (AvgIpc) is 3.09. The van der Waals surface area contributed by atoms with Gasteiger partial charge in [0.1, 0.15) is 11.2 Å². The van der Waals surface area contributed by atoms with Crippen molar-refractivity contribution in [3.63, 3.8) is 0 Å². The molecule has 176 valence electrons. The second-order valence-electron chi connectivity index (χ2n) is 8.59. The summed E-state index contributed by atoms with van der Waals surface area (Å²) in [6.45, 7) is 1.94. The Bertz CT molecular complexity index is 1180. The van der Waals surface area contributed by atoms with Gasteiger partial charge in [0.25, 0.3) is 11.8 Å². The summed E-state index contributed by atoms with van der Waals surface area (Å²) in [6.07, 6.45) is 3.66. The highest BCUT2D eigenvalue weighted by molar-refractivity contribution is 6.29. The molecule has 4 heterocycles. The highest BCUT2D eigenvalue weighted by atomic mass is 35.5. The zero-order valence-corrected chi connectivity index (χ0v) is 19.0. The molecule has 11 heteroatoms. The van der Waals surface area contributed by atoms with Gasteiger partial charge in [-0.15, -0.1) is 0 Å². The summed E-state index contributed by atoms with van der Waals surface area (Å²) in [5.74, 6) is -1.65. The number of rotatable bonds is 5. The van der Waals surface area contributed by atoms with E-state index in [0.29, 0.717) is 16.7 Å². The average molecular weight is 483 g/mol. The van der Waals surface area contributed by atoms with Gasteiger partial charge in [-0.1, -0.05) is 23.7 Å². The highest BCUT2D eigenvalue weighted by Gasteiger charge is 2.45. The number of halogens is 1. The molecule has 3 aliphatic rings. The molecule has 0 radical (unpaired) electrons. The van der Waals surface area contributed by atoms with E-state index >= 15 is 0 Å². The third kappa shape index (κ3) is 4.03. The van der Waals surface area contributed by atoms with Gasteiger partial charge in [-0.3, -0.25) is 29.4 Å². The van der Waals surface area contributed by atoms with Crippen molar-refractivity contribution in [2.45, 2.75) is 44.3 Å². The number of anilines is 1. The van der Waals surface area contributed by atoms with E-state index in [1.807, 2.05) is 4.90 Å². The van der Waals surface area contributed by atoms with Crippen molar-refractivity contribution in [2.75, 3.05) is 18.0 Å². The third-order valence-electron chi connectivity index (χ3n) is 6.47. The Balaban J connectivity index is 1.49. The Hall–Kier alpha value is -3.37. The lowest BCUT2D eigenvalue weighted by atomic mass is 10.00. The van der Waals surface area contributed by atoms with Crippen LogP contribution in [0.4, 0.5) is 5.95 Å². The summed E-state index contributed by atoms with van der Waals surface area (Å²) in [4.78, 5) is 62.3. The summed E-state index contributed by atoms with van der Waals surface area (Å²) in [5, 5.41) is 5.92. The Labute approximate surface area is 200 Å². The van der Waals surface area contributed by atoms with Gasteiger partial charge in [0, 0.05) is 31.7 Å². The van der Waals surface area contributed by atoms with Gasteiger partial charge < -0.3 is 10.2 Å². The predicted molar refractivity (Wildman–Crippen MR) is 122 cm³/mol. The smallest absolute Gasteiger partial charge is 0.262 e. The maximum atomic E-state index is 13.5. The van der Waals surface area contributed by atoms with Gasteiger partial charge in [0.2, 0.25) is 17.8 Å². The van der Waals surface area contributed by atoms with E-state index in [4.69, 9.17) is 11.6 Å². The molecular weight excluding hydrogens is 460 g/mol. The minimum absolute atomic E-state index is 0.0708. The lowest BCUT2D eigenvalue weighted by molar-refractivity contribution is -0.136. The Kier molecular flexibility index (Phi) is 6.01. The monoisotopic (exact) mass is 482 g/mol. The molecule has 2 unspecified atom stereocenters. The Morgan fingerprint density at radius 1 is 1.12 bits per heavy atom. The van der Waals surface area contributed by atoms with Crippen molar-refractivity contribution >= 4 is 41.2 Å². The van der Waals surface area contributed by atoms with Crippen LogP contribution in [-0.4, -0.2) is 63.7 Å². The molecule has 2 N–H and O–H groups in total. The van der Waals surface area contributed by atoms with Crippen molar-refractivity contribution in [3.8, 4) is 0 Å². The first-order valence-corrected chi connectivity index (χ1v) is 11.6. The van der Waals surface area contributed by atoms with Crippen LogP contribution < -0.4 is 15.5 Å². The first-order valence-electron chi connectivity index (χ1n) is 11.2. The summed E-state index contributed by atoms with van der Waals surface area (Å²) >= 11 is 6.14. The minimum Gasteiger partial charge on any atom is -0.332 e. The summed E-state index contributed by atoms with van der Waals surface area (Å²) in [5.41, 5.74) is 1.16. The third-order valence-corrected chi connectivity index (χ3v) is 6.68. The van der Waals surface area contributed by atoms with Crippen molar-refractivity contribution in [3.05, 3.63) is 52.3 Å². The first-order chi connectivity index (χ1) is 16.4. The van der Waals surface area contributed by atoms with Gasteiger partial charge >= 0.3 is 0 Å². The van der Waals surface area contributed by atoms with Crippen molar-refractivity contribution in [1.82, 2.24) is 25.5 Å². The molecule has 1 aromatic carbocycles. The maximum Gasteiger partial charge on any atom is 0.262 e. The molecular formula is C23H23ClN6O4. The summed E-state index contributed by atoms with van der Waals surface area (Å²) < 4.78 is 0. The van der Waals surface area contributed by atoms with Gasteiger partial charge in [0.05, 0.1) is 11.1 Å². The van der Waals surface area contributed by atoms with Gasteiger partial charge in [0.15, 0.2) is 0 Å². The van der Waals surface area contributed by atoms with Gasteiger partial charge in [-0.2, -0.15) is 0 Å². The number of aromatic nitrogens is 2. The molecule has 10 nitrogen and oxygen atoms in total. The largest absolute Gasteiger partial charge is 0.332 e. The fraction of sp³-hybridized carbons (Fsp3) is 0.391. The summed E-state index contributed by atoms with van der Waals surface area (Å²) in [7, 11) is 0. The molecule has 2 aromatic rings. The molecule has 0 spiro atoms. The second kappa shape index (κ2) is 9.11. The fourth-order valence-corrected chi connectivity index (χ4v) is 4.96. The molecule has 1 aromatic heterocycles. The van der Waals surface area contributed by atoms with Crippen LogP contribution in [0.25, 0.3) is 0 Å². The van der Waals surface area contributed by atoms with Crippen LogP contribution >= 0.6 is 11.6 Å². The number of benzene rings is 1. The predicted octanol–water partition coefficient (Wildman–Crippen LogP) is 1.29. The van der Waals surface area contributed by atoms with Gasteiger partial charge in [-0.25, -0.2) is 9.97 Å². The van der Waals surface area contributed by atoms with E-state index in [-0.39, 0.29) is 36.6 Å². The van der Waals surface area contributed by atoms with Crippen LogP contribution in [0.5, 0.6) is 0 Å². The van der Waals surface area contributed by atoms with Crippen LogP contribution in [0.15, 0.2) is 30.5 Å². The Morgan fingerprint density at radius 2 is 1.97 bits per heavy atom.